The number of nitrogens with one attached hydrogen (secondary N) is 1. The summed E-state index contributed by atoms with van der Waals surface area (Å²) in [5, 5.41) is 2.37. The number of carbonyl (C=O) groups excluding carboxylic acids is 2. The van der Waals surface area contributed by atoms with Crippen molar-refractivity contribution in [1.82, 2.24) is 4.90 Å². The van der Waals surface area contributed by atoms with E-state index in [1.165, 1.54) is 16.7 Å². The third-order valence-electron chi connectivity index (χ3n) is 4.43. The zero-order valence-electron chi connectivity index (χ0n) is 16.9. The molecule has 2 amide bonds. The van der Waals surface area contributed by atoms with Crippen molar-refractivity contribution >= 4 is 29.3 Å². The molecule has 0 spiro atoms. The summed E-state index contributed by atoms with van der Waals surface area (Å²) in [5.74, 6) is 0.257. The van der Waals surface area contributed by atoms with Gasteiger partial charge in [-0.05, 0) is 29.8 Å². The molecule has 3 aromatic carbocycles. The van der Waals surface area contributed by atoms with Crippen LogP contribution in [0.4, 0.5) is 5.69 Å². The predicted molar refractivity (Wildman–Crippen MR) is 121 cm³/mol. The van der Waals surface area contributed by atoms with Crippen molar-refractivity contribution in [3.63, 3.8) is 0 Å². The van der Waals surface area contributed by atoms with Crippen molar-refractivity contribution in [2.45, 2.75) is 10.1 Å². The SMILES string of the molecule is COc1cccc(NC(=O)CN(C)C(=O)C(Sc2ccccc2)c2ccccc2)c1. The number of benzene rings is 3. The van der Waals surface area contributed by atoms with Crippen LogP contribution in [0.1, 0.15) is 10.8 Å². The van der Waals surface area contributed by atoms with Gasteiger partial charge in [0.1, 0.15) is 11.0 Å². The molecular weight excluding hydrogens is 396 g/mol. The Hall–Kier alpha value is -3.25. The number of likely N-dealkylation sites (N-methyl/N-ethyl adjacent to an activating group) is 1. The predicted octanol–water partition coefficient (Wildman–Crippen LogP) is 4.63. The van der Waals surface area contributed by atoms with E-state index in [4.69, 9.17) is 4.74 Å². The number of methoxy groups -OCH3 is 1. The molecule has 1 unspecified atom stereocenters. The fourth-order valence-electron chi connectivity index (χ4n) is 2.92. The molecule has 0 saturated heterocycles. The number of anilines is 1. The maximum absolute atomic E-state index is 13.2. The minimum absolute atomic E-state index is 0.0469. The molecule has 6 heteroatoms. The van der Waals surface area contributed by atoms with Crippen LogP contribution < -0.4 is 10.1 Å². The number of hydrogen-bond donors (Lipinski definition) is 1. The smallest absolute Gasteiger partial charge is 0.243 e. The lowest BCUT2D eigenvalue weighted by molar-refractivity contribution is -0.132. The van der Waals surface area contributed by atoms with Gasteiger partial charge in [0.25, 0.3) is 0 Å². The Kier molecular flexibility index (Phi) is 7.51. The highest BCUT2D eigenvalue weighted by Gasteiger charge is 2.26. The molecule has 3 aromatic rings. The molecule has 0 fully saturated rings. The number of hydrogen-bond acceptors (Lipinski definition) is 4. The number of rotatable bonds is 8. The van der Waals surface area contributed by atoms with E-state index in [1.54, 1.807) is 38.4 Å². The number of nitrogens with zero attached hydrogens (tertiary/aromatic N) is 1. The lowest BCUT2D eigenvalue weighted by Gasteiger charge is -2.23. The van der Waals surface area contributed by atoms with Crippen molar-refractivity contribution in [2.75, 3.05) is 26.0 Å². The van der Waals surface area contributed by atoms with Gasteiger partial charge in [-0.25, -0.2) is 0 Å². The van der Waals surface area contributed by atoms with E-state index in [0.29, 0.717) is 11.4 Å². The van der Waals surface area contributed by atoms with Gasteiger partial charge in [0, 0.05) is 23.7 Å². The molecule has 0 aliphatic heterocycles. The average Bonchev–Trinajstić information content (AvgIpc) is 2.78. The maximum Gasteiger partial charge on any atom is 0.243 e. The van der Waals surface area contributed by atoms with E-state index < -0.39 is 5.25 Å². The summed E-state index contributed by atoms with van der Waals surface area (Å²) in [5.41, 5.74) is 1.52. The van der Waals surface area contributed by atoms with Crippen LogP contribution in [0, 0.1) is 0 Å². The highest BCUT2D eigenvalue weighted by molar-refractivity contribution is 8.00. The molecule has 0 bridgehead atoms. The molecule has 0 aliphatic rings. The Labute approximate surface area is 181 Å². The molecule has 0 radical (unpaired) electrons. The largest absolute Gasteiger partial charge is 0.497 e. The molecule has 0 heterocycles. The topological polar surface area (TPSA) is 58.6 Å². The van der Waals surface area contributed by atoms with Crippen molar-refractivity contribution in [3.05, 3.63) is 90.5 Å². The molecule has 30 heavy (non-hydrogen) atoms. The molecular formula is C24H24N2O3S. The molecule has 0 aromatic heterocycles. The van der Waals surface area contributed by atoms with E-state index in [-0.39, 0.29) is 18.4 Å². The molecule has 1 N–H and O–H groups in total. The summed E-state index contributed by atoms with van der Waals surface area (Å²) in [4.78, 5) is 28.2. The summed E-state index contributed by atoms with van der Waals surface area (Å²) < 4.78 is 5.17. The fourth-order valence-corrected chi connectivity index (χ4v) is 4.08. The first-order chi connectivity index (χ1) is 14.6. The van der Waals surface area contributed by atoms with Gasteiger partial charge < -0.3 is 15.0 Å². The van der Waals surface area contributed by atoms with E-state index in [0.717, 1.165) is 10.5 Å². The highest BCUT2D eigenvalue weighted by Crippen LogP contribution is 2.36. The van der Waals surface area contributed by atoms with Crippen LogP contribution in [0.3, 0.4) is 0 Å². The second-order valence-corrected chi connectivity index (χ2v) is 7.87. The van der Waals surface area contributed by atoms with Crippen LogP contribution in [-0.2, 0) is 9.59 Å². The third kappa shape index (κ3) is 5.87. The lowest BCUT2D eigenvalue weighted by atomic mass is 10.1. The van der Waals surface area contributed by atoms with Crippen LogP contribution in [0.15, 0.2) is 89.8 Å². The van der Waals surface area contributed by atoms with Gasteiger partial charge in [0.05, 0.1) is 13.7 Å². The van der Waals surface area contributed by atoms with Gasteiger partial charge in [-0.15, -0.1) is 11.8 Å². The van der Waals surface area contributed by atoms with Crippen LogP contribution in [-0.4, -0.2) is 37.4 Å². The van der Waals surface area contributed by atoms with Crippen molar-refractivity contribution in [3.8, 4) is 5.75 Å². The molecule has 154 valence electrons. The van der Waals surface area contributed by atoms with Gasteiger partial charge in [-0.1, -0.05) is 54.6 Å². The third-order valence-corrected chi connectivity index (χ3v) is 5.69. The molecule has 1 atom stereocenters. The fraction of sp³-hybridized carbons (Fsp3) is 0.167. The Morgan fingerprint density at radius 1 is 0.967 bits per heavy atom. The summed E-state index contributed by atoms with van der Waals surface area (Å²) in [6.07, 6.45) is 0. The summed E-state index contributed by atoms with van der Waals surface area (Å²) in [6, 6.07) is 26.5. The second kappa shape index (κ2) is 10.5. The lowest BCUT2D eigenvalue weighted by Crippen LogP contribution is -2.37. The van der Waals surface area contributed by atoms with E-state index in [9.17, 15) is 9.59 Å². The minimum atomic E-state index is -0.441. The zero-order chi connectivity index (χ0) is 21.3. The van der Waals surface area contributed by atoms with Gasteiger partial charge >= 0.3 is 0 Å². The number of amides is 2. The average molecular weight is 421 g/mol. The summed E-state index contributed by atoms with van der Waals surface area (Å²) >= 11 is 1.47. The number of thioether (sulfide) groups is 1. The van der Waals surface area contributed by atoms with Crippen LogP contribution in [0.5, 0.6) is 5.75 Å². The summed E-state index contributed by atoms with van der Waals surface area (Å²) in [7, 11) is 3.22. The van der Waals surface area contributed by atoms with Crippen molar-refractivity contribution < 1.29 is 14.3 Å². The highest BCUT2D eigenvalue weighted by atomic mass is 32.2. The second-order valence-electron chi connectivity index (χ2n) is 6.70. The monoisotopic (exact) mass is 420 g/mol. The van der Waals surface area contributed by atoms with Gasteiger partial charge in [-0.2, -0.15) is 0 Å². The molecule has 5 nitrogen and oxygen atoms in total. The van der Waals surface area contributed by atoms with Crippen LogP contribution >= 0.6 is 11.8 Å². The maximum atomic E-state index is 13.2. The molecule has 0 saturated carbocycles. The Bertz CT molecular complexity index is 980. The first-order valence-electron chi connectivity index (χ1n) is 9.52. The van der Waals surface area contributed by atoms with E-state index in [2.05, 4.69) is 5.32 Å². The standard InChI is InChI=1S/C24H24N2O3S/c1-26(17-22(27)25-19-12-9-13-20(16-19)29-2)24(28)23(18-10-5-3-6-11-18)30-21-14-7-4-8-15-21/h3-16,23H,17H2,1-2H3,(H,25,27). The Balaban J connectivity index is 1.70. The van der Waals surface area contributed by atoms with Gasteiger partial charge in [-0.3, -0.25) is 9.59 Å². The van der Waals surface area contributed by atoms with Crippen LogP contribution in [0.2, 0.25) is 0 Å². The first-order valence-corrected chi connectivity index (χ1v) is 10.4. The Morgan fingerprint density at radius 3 is 2.30 bits per heavy atom. The first kappa shape index (κ1) is 21.5. The molecule has 3 rings (SSSR count). The zero-order valence-corrected chi connectivity index (χ0v) is 17.8. The van der Waals surface area contributed by atoms with Crippen LogP contribution in [0.25, 0.3) is 0 Å². The molecule has 0 aliphatic carbocycles. The van der Waals surface area contributed by atoms with E-state index >= 15 is 0 Å². The minimum Gasteiger partial charge on any atom is -0.497 e. The van der Waals surface area contributed by atoms with E-state index in [1.807, 2.05) is 60.7 Å². The number of ether oxygens (including phenoxy) is 1. The van der Waals surface area contributed by atoms with Crippen molar-refractivity contribution in [2.24, 2.45) is 0 Å². The summed E-state index contributed by atoms with van der Waals surface area (Å²) in [6.45, 7) is -0.0469. The quantitative estimate of drug-likeness (QED) is 0.540. The number of carbonyl (C=O) groups is 2. The Morgan fingerprint density at radius 2 is 1.63 bits per heavy atom. The van der Waals surface area contributed by atoms with Crippen molar-refractivity contribution in [1.29, 1.82) is 0 Å². The van der Waals surface area contributed by atoms with Gasteiger partial charge in [0.15, 0.2) is 0 Å². The van der Waals surface area contributed by atoms with Gasteiger partial charge in [0.2, 0.25) is 11.8 Å². The normalized spacial score (nSPS) is 11.4.